The van der Waals surface area contributed by atoms with Gasteiger partial charge < -0.3 is 19.6 Å². The Bertz CT molecular complexity index is 981. The van der Waals surface area contributed by atoms with E-state index >= 15 is 0 Å². The number of ether oxygens (including phenoxy) is 1. The number of amides is 2. The summed E-state index contributed by atoms with van der Waals surface area (Å²) in [6.45, 7) is 0.719. The molecule has 1 N–H and O–H groups in total. The van der Waals surface area contributed by atoms with Crippen LogP contribution in [0.2, 0.25) is 0 Å². The molecular formula is C23H23N3O4. The molecule has 0 spiro atoms. The molecule has 1 aromatic carbocycles. The molecule has 2 amide bonds. The van der Waals surface area contributed by atoms with Crippen molar-refractivity contribution in [3.05, 3.63) is 65.5 Å². The van der Waals surface area contributed by atoms with E-state index in [0.717, 1.165) is 11.1 Å². The molecule has 1 aromatic heterocycles. The molecule has 154 valence electrons. The number of aliphatic hydroxyl groups is 1. The number of benzene rings is 1. The summed E-state index contributed by atoms with van der Waals surface area (Å²) in [4.78, 5) is 32.8. The topological polar surface area (TPSA) is 83.0 Å². The summed E-state index contributed by atoms with van der Waals surface area (Å²) in [6, 6.07) is 10.7. The molecule has 0 aliphatic carbocycles. The molecular weight excluding hydrogens is 382 g/mol. The van der Waals surface area contributed by atoms with Crippen molar-refractivity contribution in [3.8, 4) is 11.8 Å². The highest BCUT2D eigenvalue weighted by molar-refractivity contribution is 5.97. The minimum absolute atomic E-state index is 0.0227. The quantitative estimate of drug-likeness (QED) is 0.764. The Balaban J connectivity index is 1.54. The van der Waals surface area contributed by atoms with Gasteiger partial charge in [0.25, 0.3) is 5.91 Å². The van der Waals surface area contributed by atoms with Crippen LogP contribution in [0.1, 0.15) is 27.4 Å². The van der Waals surface area contributed by atoms with E-state index in [2.05, 4.69) is 16.8 Å². The van der Waals surface area contributed by atoms with Crippen molar-refractivity contribution in [3.63, 3.8) is 0 Å². The Morgan fingerprint density at radius 1 is 1.23 bits per heavy atom. The van der Waals surface area contributed by atoms with E-state index in [-0.39, 0.29) is 43.0 Å². The number of nitrogens with zero attached hydrogens (tertiary/aromatic N) is 3. The van der Waals surface area contributed by atoms with Gasteiger partial charge in [0.1, 0.15) is 13.2 Å². The van der Waals surface area contributed by atoms with E-state index in [1.165, 1.54) is 0 Å². The van der Waals surface area contributed by atoms with Gasteiger partial charge in [-0.15, -0.1) is 0 Å². The van der Waals surface area contributed by atoms with Crippen molar-refractivity contribution in [1.29, 1.82) is 0 Å². The predicted molar refractivity (Wildman–Crippen MR) is 110 cm³/mol. The van der Waals surface area contributed by atoms with Crippen LogP contribution in [-0.4, -0.2) is 77.2 Å². The molecule has 30 heavy (non-hydrogen) atoms. The van der Waals surface area contributed by atoms with Gasteiger partial charge in [-0.05, 0) is 29.8 Å². The van der Waals surface area contributed by atoms with Gasteiger partial charge in [-0.3, -0.25) is 14.6 Å². The molecule has 3 heterocycles. The second kappa shape index (κ2) is 8.66. The smallest absolute Gasteiger partial charge is 0.254 e. The van der Waals surface area contributed by atoms with Crippen LogP contribution in [0.5, 0.6) is 0 Å². The zero-order valence-corrected chi connectivity index (χ0v) is 16.7. The highest BCUT2D eigenvalue weighted by atomic mass is 16.5. The maximum absolute atomic E-state index is 12.8. The number of rotatable bonds is 4. The maximum atomic E-state index is 12.8. The summed E-state index contributed by atoms with van der Waals surface area (Å²) >= 11 is 0. The first kappa shape index (κ1) is 20.1. The number of hydrogen-bond donors (Lipinski definition) is 1. The fraction of sp³-hybridized carbons (Fsp3) is 0.348. The molecule has 0 unspecified atom stereocenters. The molecule has 0 bridgehead atoms. The Morgan fingerprint density at radius 2 is 1.97 bits per heavy atom. The van der Waals surface area contributed by atoms with Crippen molar-refractivity contribution in [2.75, 3.05) is 33.4 Å². The lowest BCUT2D eigenvalue weighted by Gasteiger charge is -2.58. The van der Waals surface area contributed by atoms with Crippen LogP contribution in [0.25, 0.3) is 0 Å². The average Bonchev–Trinajstić information content (AvgIpc) is 2.76. The number of piperazine rings is 1. The Kier molecular flexibility index (Phi) is 5.79. The van der Waals surface area contributed by atoms with Gasteiger partial charge >= 0.3 is 0 Å². The van der Waals surface area contributed by atoms with E-state index < -0.39 is 0 Å². The number of fused-ring (bicyclic) bond motifs is 1. The molecule has 0 radical (unpaired) electrons. The molecule has 0 saturated carbocycles. The molecule has 2 aliphatic rings. The summed E-state index contributed by atoms with van der Waals surface area (Å²) in [5.41, 5.74) is 2.42. The number of methoxy groups -OCH3 is 1. The van der Waals surface area contributed by atoms with Crippen molar-refractivity contribution in [2.24, 2.45) is 0 Å². The van der Waals surface area contributed by atoms with E-state index in [1.54, 1.807) is 41.4 Å². The second-order valence-corrected chi connectivity index (χ2v) is 7.42. The SMILES string of the molecule is COCC#Cc1ccc([C@H]2[C@H]3CN(C(=O)c4ccncc4)CC(=O)N3[C@H]2CO)cc1. The molecule has 2 aromatic rings. The lowest BCUT2D eigenvalue weighted by molar-refractivity contribution is -0.159. The zero-order chi connectivity index (χ0) is 21.1. The number of pyridine rings is 1. The average molecular weight is 405 g/mol. The number of hydrogen-bond acceptors (Lipinski definition) is 5. The maximum Gasteiger partial charge on any atom is 0.254 e. The van der Waals surface area contributed by atoms with Gasteiger partial charge in [-0.1, -0.05) is 24.0 Å². The standard InChI is InChI=1S/C23H23N3O4/c1-30-12-2-3-16-4-6-17(7-5-16)22-19-13-25(14-21(28)26(19)20(22)15-27)23(29)18-8-10-24-11-9-18/h4-11,19-20,22,27H,12-15H2,1H3/t19-,20+,22+/m1/s1. The van der Waals surface area contributed by atoms with Crippen LogP contribution in [0.4, 0.5) is 0 Å². The lowest BCUT2D eigenvalue weighted by atomic mass is 9.73. The third-order valence-corrected chi connectivity index (χ3v) is 5.71. The van der Waals surface area contributed by atoms with Gasteiger partial charge in [0, 0.05) is 43.1 Å². The van der Waals surface area contributed by atoms with Crippen LogP contribution < -0.4 is 0 Å². The molecule has 2 aliphatic heterocycles. The highest BCUT2D eigenvalue weighted by Crippen LogP contribution is 2.43. The van der Waals surface area contributed by atoms with Crippen molar-refractivity contribution in [1.82, 2.24) is 14.8 Å². The van der Waals surface area contributed by atoms with Gasteiger partial charge in [0.2, 0.25) is 5.91 Å². The molecule has 4 rings (SSSR count). The summed E-state index contributed by atoms with van der Waals surface area (Å²) in [7, 11) is 1.60. The molecule has 7 heteroatoms. The summed E-state index contributed by atoms with van der Waals surface area (Å²) in [5.74, 6) is 5.60. The first-order valence-corrected chi connectivity index (χ1v) is 9.83. The lowest BCUT2D eigenvalue weighted by Crippen LogP contribution is -2.73. The first-order valence-electron chi connectivity index (χ1n) is 9.83. The van der Waals surface area contributed by atoms with E-state index in [0.29, 0.717) is 18.7 Å². The molecule has 2 fully saturated rings. The van der Waals surface area contributed by atoms with Crippen LogP contribution in [0.15, 0.2) is 48.8 Å². The van der Waals surface area contributed by atoms with E-state index in [9.17, 15) is 14.7 Å². The minimum Gasteiger partial charge on any atom is -0.394 e. The number of aliphatic hydroxyl groups excluding tert-OH is 1. The van der Waals surface area contributed by atoms with Crippen LogP contribution in [0.3, 0.4) is 0 Å². The van der Waals surface area contributed by atoms with Gasteiger partial charge in [0.05, 0.1) is 18.7 Å². The Morgan fingerprint density at radius 3 is 2.63 bits per heavy atom. The third kappa shape index (κ3) is 3.67. The second-order valence-electron chi connectivity index (χ2n) is 7.42. The van der Waals surface area contributed by atoms with Gasteiger partial charge in [0.15, 0.2) is 0 Å². The Labute approximate surface area is 175 Å². The molecule has 2 saturated heterocycles. The van der Waals surface area contributed by atoms with Crippen molar-refractivity contribution in [2.45, 2.75) is 18.0 Å². The molecule has 3 atom stereocenters. The van der Waals surface area contributed by atoms with Crippen LogP contribution >= 0.6 is 0 Å². The van der Waals surface area contributed by atoms with Crippen molar-refractivity contribution < 1.29 is 19.4 Å². The molecule has 7 nitrogen and oxygen atoms in total. The number of carbonyl (C=O) groups excluding carboxylic acids is 2. The van der Waals surface area contributed by atoms with E-state index in [1.807, 2.05) is 24.3 Å². The van der Waals surface area contributed by atoms with Gasteiger partial charge in [-0.2, -0.15) is 0 Å². The fourth-order valence-electron chi connectivity index (χ4n) is 4.33. The first-order chi connectivity index (χ1) is 14.6. The summed E-state index contributed by atoms with van der Waals surface area (Å²) < 4.78 is 4.94. The van der Waals surface area contributed by atoms with Crippen LogP contribution in [0, 0.1) is 11.8 Å². The monoisotopic (exact) mass is 405 g/mol. The third-order valence-electron chi connectivity index (χ3n) is 5.71. The zero-order valence-electron chi connectivity index (χ0n) is 16.7. The number of carbonyl (C=O) groups is 2. The largest absolute Gasteiger partial charge is 0.394 e. The fourth-order valence-corrected chi connectivity index (χ4v) is 4.33. The number of aromatic nitrogens is 1. The predicted octanol–water partition coefficient (Wildman–Crippen LogP) is 0.891. The summed E-state index contributed by atoms with van der Waals surface area (Å²) in [6.07, 6.45) is 3.13. The van der Waals surface area contributed by atoms with Crippen molar-refractivity contribution >= 4 is 11.8 Å². The summed E-state index contributed by atoms with van der Waals surface area (Å²) in [5, 5.41) is 9.91. The highest BCUT2D eigenvalue weighted by Gasteiger charge is 2.54. The normalized spacial score (nSPS) is 22.6. The van der Waals surface area contributed by atoms with Gasteiger partial charge in [-0.25, -0.2) is 0 Å². The van der Waals surface area contributed by atoms with E-state index in [4.69, 9.17) is 4.74 Å². The van der Waals surface area contributed by atoms with Crippen LogP contribution in [-0.2, 0) is 9.53 Å². The minimum atomic E-state index is -0.272. The Hall–Kier alpha value is -3.21.